The van der Waals surface area contributed by atoms with Crippen molar-refractivity contribution < 1.29 is 0 Å². The number of hydrogen-bond acceptors (Lipinski definition) is 4. The first kappa shape index (κ1) is 17.1. The second kappa shape index (κ2) is 6.13. The Morgan fingerprint density at radius 3 is 2.44 bits per heavy atom. The van der Waals surface area contributed by atoms with Crippen molar-refractivity contribution in [1.29, 1.82) is 0 Å². The van der Waals surface area contributed by atoms with Crippen LogP contribution in [-0.4, -0.2) is 0 Å². The van der Waals surface area contributed by atoms with Crippen LogP contribution < -0.4 is 9.99 Å². The number of aryl methyl sites for hydroxylation is 1. The minimum Gasteiger partial charge on any atom is -0.375 e. The van der Waals surface area contributed by atoms with Crippen molar-refractivity contribution in [3.05, 3.63) is 61.6 Å². The number of hydrogen-bond donors (Lipinski definition) is 1. The van der Waals surface area contributed by atoms with Crippen molar-refractivity contribution >= 4 is 55.3 Å². The minimum absolute atomic E-state index is 0.128. The van der Waals surface area contributed by atoms with Crippen LogP contribution in [0.15, 0.2) is 41.4 Å². The topological polar surface area (TPSA) is 24.4 Å². The second-order valence-corrected chi connectivity index (χ2v) is 9.72. The maximum absolute atomic E-state index is 6.13. The Morgan fingerprint density at radius 2 is 1.72 bits per heavy atom. The van der Waals surface area contributed by atoms with Gasteiger partial charge in [0.15, 0.2) is 0 Å². The van der Waals surface area contributed by atoms with E-state index in [1.807, 2.05) is 12.1 Å². The van der Waals surface area contributed by atoms with Gasteiger partial charge in [-0.15, -0.1) is 0 Å². The Hall–Kier alpha value is -1.33. The molecule has 1 N–H and O–H groups in total. The van der Waals surface area contributed by atoms with E-state index >= 15 is 0 Å². The van der Waals surface area contributed by atoms with Gasteiger partial charge in [0.1, 0.15) is 4.67 Å². The van der Waals surface area contributed by atoms with E-state index in [4.69, 9.17) is 28.2 Å². The SMILES string of the molecule is Cc1ccc2c(c1)NC(C)(C)c1ssc(=Nc3cc(Cl)cc(Cl)c3)c1-2. The zero-order chi connectivity index (χ0) is 17.8. The molecule has 4 rings (SSSR count). The summed E-state index contributed by atoms with van der Waals surface area (Å²) in [5, 5.41) is 4.85. The Bertz CT molecular complexity index is 1030. The standard InChI is InChI=1S/C19H16Cl2N2S2/c1-10-4-5-14-15(6-10)23-19(2,3)17-16(14)18(25-24-17)22-13-8-11(20)7-12(21)9-13/h4-9,23H,1-3H3. The summed E-state index contributed by atoms with van der Waals surface area (Å²) in [6, 6.07) is 11.9. The van der Waals surface area contributed by atoms with Gasteiger partial charge in [-0.05, 0) is 50.6 Å². The summed E-state index contributed by atoms with van der Waals surface area (Å²) in [5.74, 6) is 0. The van der Waals surface area contributed by atoms with Gasteiger partial charge < -0.3 is 5.32 Å². The summed E-state index contributed by atoms with van der Waals surface area (Å²) in [5.41, 5.74) is 5.46. The van der Waals surface area contributed by atoms with Crippen LogP contribution in [0.5, 0.6) is 0 Å². The largest absolute Gasteiger partial charge is 0.375 e. The van der Waals surface area contributed by atoms with Gasteiger partial charge in [-0.2, -0.15) is 0 Å². The highest BCUT2D eigenvalue weighted by Crippen LogP contribution is 2.45. The molecule has 0 saturated heterocycles. The van der Waals surface area contributed by atoms with Gasteiger partial charge in [-0.3, -0.25) is 0 Å². The Labute approximate surface area is 164 Å². The number of halogens is 2. The minimum atomic E-state index is -0.128. The van der Waals surface area contributed by atoms with E-state index in [9.17, 15) is 0 Å². The molecule has 0 radical (unpaired) electrons. The molecule has 0 aliphatic carbocycles. The predicted molar refractivity (Wildman–Crippen MR) is 111 cm³/mol. The van der Waals surface area contributed by atoms with Crippen molar-refractivity contribution in [3.63, 3.8) is 0 Å². The highest BCUT2D eigenvalue weighted by Gasteiger charge is 2.33. The quantitative estimate of drug-likeness (QED) is 0.432. The second-order valence-electron chi connectivity index (χ2n) is 6.71. The van der Waals surface area contributed by atoms with E-state index in [1.54, 1.807) is 26.7 Å². The third kappa shape index (κ3) is 3.13. The van der Waals surface area contributed by atoms with Gasteiger partial charge in [0.05, 0.1) is 16.1 Å². The lowest BCUT2D eigenvalue weighted by Crippen LogP contribution is -2.31. The smallest absolute Gasteiger partial charge is 0.135 e. The van der Waals surface area contributed by atoms with Gasteiger partial charge in [0, 0.05) is 26.9 Å². The Morgan fingerprint density at radius 1 is 1.00 bits per heavy atom. The van der Waals surface area contributed by atoms with Gasteiger partial charge in [0.25, 0.3) is 0 Å². The zero-order valence-corrected chi connectivity index (χ0v) is 17.1. The average Bonchev–Trinajstić information content (AvgIpc) is 2.90. The lowest BCUT2D eigenvalue weighted by Gasteiger charge is -2.33. The first-order chi connectivity index (χ1) is 11.8. The maximum Gasteiger partial charge on any atom is 0.135 e. The van der Waals surface area contributed by atoms with Crippen LogP contribution in [-0.2, 0) is 5.54 Å². The monoisotopic (exact) mass is 406 g/mol. The van der Waals surface area contributed by atoms with Crippen LogP contribution in [0.2, 0.25) is 10.0 Å². The van der Waals surface area contributed by atoms with E-state index in [1.165, 1.54) is 21.6 Å². The third-order valence-corrected chi connectivity index (χ3v) is 7.26. The number of benzene rings is 2. The van der Waals surface area contributed by atoms with E-state index < -0.39 is 0 Å². The van der Waals surface area contributed by atoms with E-state index in [-0.39, 0.29) is 5.54 Å². The van der Waals surface area contributed by atoms with Crippen molar-refractivity contribution in [3.8, 4) is 11.1 Å². The molecule has 0 atom stereocenters. The van der Waals surface area contributed by atoms with Gasteiger partial charge >= 0.3 is 0 Å². The average molecular weight is 407 g/mol. The molecule has 1 aliphatic heterocycles. The summed E-state index contributed by atoms with van der Waals surface area (Å²) in [6.07, 6.45) is 0. The molecule has 0 unspecified atom stereocenters. The molecule has 0 saturated carbocycles. The van der Waals surface area contributed by atoms with Gasteiger partial charge in [-0.1, -0.05) is 56.0 Å². The lowest BCUT2D eigenvalue weighted by molar-refractivity contribution is 0.619. The van der Waals surface area contributed by atoms with Crippen LogP contribution in [0.1, 0.15) is 24.3 Å². The molecule has 2 nitrogen and oxygen atoms in total. The van der Waals surface area contributed by atoms with Crippen LogP contribution in [0.4, 0.5) is 11.4 Å². The van der Waals surface area contributed by atoms with Crippen LogP contribution in [0.25, 0.3) is 11.1 Å². The van der Waals surface area contributed by atoms with Gasteiger partial charge in [-0.25, -0.2) is 4.99 Å². The number of fused-ring (bicyclic) bond motifs is 3. The van der Waals surface area contributed by atoms with Crippen LogP contribution >= 0.6 is 43.9 Å². The molecule has 2 heterocycles. The van der Waals surface area contributed by atoms with E-state index in [2.05, 4.69) is 44.3 Å². The molecule has 25 heavy (non-hydrogen) atoms. The van der Waals surface area contributed by atoms with Gasteiger partial charge in [0.2, 0.25) is 0 Å². The summed E-state index contributed by atoms with van der Waals surface area (Å²) in [6.45, 7) is 6.53. The molecular weight excluding hydrogens is 391 g/mol. The number of anilines is 1. The molecule has 6 heteroatoms. The highest BCUT2D eigenvalue weighted by molar-refractivity contribution is 7.68. The predicted octanol–water partition coefficient (Wildman–Crippen LogP) is 6.98. The highest BCUT2D eigenvalue weighted by atomic mass is 35.5. The fourth-order valence-electron chi connectivity index (χ4n) is 3.08. The summed E-state index contributed by atoms with van der Waals surface area (Å²) in [4.78, 5) is 6.16. The van der Waals surface area contributed by atoms with Crippen molar-refractivity contribution in [2.75, 3.05) is 5.32 Å². The molecule has 1 aromatic heterocycles. The molecule has 0 fully saturated rings. The van der Waals surface area contributed by atoms with Crippen molar-refractivity contribution in [2.24, 2.45) is 4.99 Å². The number of nitrogens with zero attached hydrogens (tertiary/aromatic N) is 1. The first-order valence-corrected chi connectivity index (χ1v) is 10.8. The van der Waals surface area contributed by atoms with Crippen molar-refractivity contribution in [1.82, 2.24) is 0 Å². The first-order valence-electron chi connectivity index (χ1n) is 7.87. The lowest BCUT2D eigenvalue weighted by atomic mass is 9.89. The summed E-state index contributed by atoms with van der Waals surface area (Å²) >= 11 is 12.3. The summed E-state index contributed by atoms with van der Waals surface area (Å²) in [7, 11) is 3.46. The normalized spacial score (nSPS) is 15.5. The Kier molecular flexibility index (Phi) is 4.19. The summed E-state index contributed by atoms with van der Waals surface area (Å²) < 4.78 is 0.998. The maximum atomic E-state index is 6.13. The number of rotatable bonds is 1. The fourth-order valence-corrected chi connectivity index (χ4v) is 6.54. The molecule has 0 amide bonds. The van der Waals surface area contributed by atoms with Crippen molar-refractivity contribution in [2.45, 2.75) is 26.3 Å². The molecule has 1 aliphatic rings. The molecule has 3 aromatic rings. The number of nitrogens with one attached hydrogen (secondary N) is 1. The molecular formula is C19H16Cl2N2S2. The molecule has 128 valence electrons. The van der Waals surface area contributed by atoms with Crippen LogP contribution in [0.3, 0.4) is 0 Å². The molecule has 0 spiro atoms. The molecule has 0 bridgehead atoms. The fraction of sp³-hybridized carbons (Fsp3) is 0.211. The van der Waals surface area contributed by atoms with E-state index in [0.717, 1.165) is 16.0 Å². The van der Waals surface area contributed by atoms with E-state index in [0.29, 0.717) is 10.0 Å². The third-order valence-electron chi connectivity index (χ3n) is 4.18. The van der Waals surface area contributed by atoms with Crippen LogP contribution in [0, 0.1) is 6.92 Å². The molecule has 2 aromatic carbocycles. The Balaban J connectivity index is 1.98. The zero-order valence-electron chi connectivity index (χ0n) is 14.0.